The molecule has 2 aliphatic rings. The van der Waals surface area contributed by atoms with E-state index in [1.54, 1.807) is 0 Å². The van der Waals surface area contributed by atoms with Crippen molar-refractivity contribution in [2.75, 3.05) is 54.4 Å². The monoisotopic (exact) mass is 775 g/mol. The van der Waals surface area contributed by atoms with Crippen molar-refractivity contribution in [1.82, 2.24) is 40.4 Å². The molecule has 0 radical (unpaired) electrons. The number of nitrogens with zero attached hydrogens (tertiary/aromatic N) is 4. The van der Waals surface area contributed by atoms with Crippen LogP contribution in [0.4, 0.5) is 0 Å². The molecule has 4 N–H and O–H groups in total. The number of nitrogens with one attached hydrogen (secondary N) is 4. The van der Waals surface area contributed by atoms with E-state index < -0.39 is 0 Å². The predicted molar refractivity (Wildman–Crippen MR) is 239 cm³/mol. The van der Waals surface area contributed by atoms with Crippen LogP contribution in [-0.4, -0.2) is 95.9 Å². The number of hydrogen-bond acceptors (Lipinski definition) is 6. The van der Waals surface area contributed by atoms with E-state index in [1.807, 2.05) is 40.3 Å². The molecule has 0 spiro atoms. The van der Waals surface area contributed by atoms with E-state index in [0.717, 1.165) is 111 Å². The van der Waals surface area contributed by atoms with E-state index in [4.69, 9.17) is 9.97 Å². The molecule has 5 rings (SSSR count). The van der Waals surface area contributed by atoms with E-state index in [0.29, 0.717) is 38.8 Å². The third-order valence-corrected chi connectivity index (χ3v) is 11.6. The first kappa shape index (κ1) is 43.3. The van der Waals surface area contributed by atoms with Gasteiger partial charge in [-0.2, -0.15) is 0 Å². The Morgan fingerprint density at radius 3 is 1.86 bits per heavy atom. The molecule has 10 nitrogen and oxygen atoms in total. The molecular weight excluding hydrogens is 709 g/mol. The molecule has 5 heterocycles. The smallest absolute Gasteiger partial charge is 0.220 e. The van der Waals surface area contributed by atoms with Gasteiger partial charge in [0.2, 0.25) is 11.8 Å². The first-order valence-electron chi connectivity index (χ1n) is 20.9. The van der Waals surface area contributed by atoms with Gasteiger partial charge < -0.3 is 30.4 Å². The molecule has 0 saturated heterocycles. The van der Waals surface area contributed by atoms with Gasteiger partial charge in [-0.3, -0.25) is 14.6 Å². The quantitative estimate of drug-likeness (QED) is 0.0904. The number of rotatable bonds is 19. The van der Waals surface area contributed by atoms with E-state index in [-0.39, 0.29) is 23.7 Å². The van der Waals surface area contributed by atoms with Crippen LogP contribution in [0.15, 0.2) is 37.4 Å². The van der Waals surface area contributed by atoms with Gasteiger partial charge in [-0.25, -0.2) is 4.98 Å². The van der Waals surface area contributed by atoms with Crippen LogP contribution in [0.2, 0.25) is 0 Å². The van der Waals surface area contributed by atoms with Crippen LogP contribution in [0.3, 0.4) is 0 Å². The van der Waals surface area contributed by atoms with Gasteiger partial charge in [0, 0.05) is 95.4 Å². The molecule has 0 aromatic carbocycles. The third kappa shape index (κ3) is 10.8. The van der Waals surface area contributed by atoms with Crippen molar-refractivity contribution >= 4 is 57.2 Å². The van der Waals surface area contributed by atoms with Crippen LogP contribution in [0.1, 0.15) is 129 Å². The highest BCUT2D eigenvalue weighted by Crippen LogP contribution is 2.44. The zero-order valence-electron chi connectivity index (χ0n) is 35.8. The van der Waals surface area contributed by atoms with Crippen molar-refractivity contribution in [1.29, 1.82) is 0 Å². The molecule has 10 heteroatoms. The maximum Gasteiger partial charge on any atom is 0.220 e. The number of hydrogen-bond donors (Lipinski definition) is 4. The molecule has 3 aromatic rings. The summed E-state index contributed by atoms with van der Waals surface area (Å²) in [5, 5.41) is 6.21. The molecule has 0 saturated carbocycles. The number of carbonyl (C=O) groups excluding carboxylic acids is 2. The Kier molecular flexibility index (Phi) is 15.2. The van der Waals surface area contributed by atoms with Crippen molar-refractivity contribution in [3.63, 3.8) is 0 Å². The van der Waals surface area contributed by atoms with Gasteiger partial charge in [0.15, 0.2) is 0 Å². The first-order chi connectivity index (χ1) is 27.3. The van der Waals surface area contributed by atoms with Gasteiger partial charge in [-0.15, -0.1) is 0 Å². The van der Waals surface area contributed by atoms with Crippen LogP contribution in [0.5, 0.6) is 0 Å². The summed E-state index contributed by atoms with van der Waals surface area (Å²) < 4.78 is 0. The van der Waals surface area contributed by atoms with Gasteiger partial charge >= 0.3 is 0 Å². The minimum absolute atomic E-state index is 0.0227. The SMILES string of the molecule is C=Cc1c(C)c2cc3[nH]c(cc4nc(cc5nc(cc1[nH]2)C(C)=C5CCC(=O)NCCN(C)C)C(CCC(=O)NCCN(C)C)C4CCCCCC)c(C)c3C=C. The average Bonchev–Trinajstić information content (AvgIpc) is 3.84. The standard InChI is InChI=1S/C47H66N8O2/c1-11-14-15-16-17-36-37(19-21-47(57)49-23-25-55(9)10)45-29-43-35(18-20-46(56)48-22-24-54(7)8)32(6)40(52-43)27-42-33(12-2)30(4)38(50-42)26-41-34(13-3)31(5)39(51-41)28-44(36)53-45/h12-13,26-29,36-37,50-51H,2-3,11,14-25H2,1,4-10H3,(H,48,56)(H,49,57). The number of unbranched alkanes of at least 4 members (excludes halogenated alkanes) is 3. The molecule has 306 valence electrons. The second-order valence-electron chi connectivity index (χ2n) is 16.3. The Balaban J connectivity index is 1.72. The number of likely N-dealkylation sites (N-methyl/N-ethyl adjacent to an activating group) is 2. The summed E-state index contributed by atoms with van der Waals surface area (Å²) >= 11 is 0. The molecule has 2 aliphatic heterocycles. The lowest BCUT2D eigenvalue weighted by molar-refractivity contribution is -0.122. The topological polar surface area (TPSA) is 122 Å². The lowest BCUT2D eigenvalue weighted by Crippen LogP contribution is -2.31. The highest BCUT2D eigenvalue weighted by Gasteiger charge is 2.33. The number of H-pyrrole nitrogens is 2. The number of aryl methyl sites for hydroxylation is 2. The molecule has 2 amide bonds. The minimum Gasteiger partial charge on any atom is -0.355 e. The van der Waals surface area contributed by atoms with Gasteiger partial charge in [0.05, 0.1) is 11.4 Å². The van der Waals surface area contributed by atoms with Gasteiger partial charge in [0.1, 0.15) is 0 Å². The Labute approximate surface area is 340 Å². The summed E-state index contributed by atoms with van der Waals surface area (Å²) in [6, 6.07) is 8.64. The maximum absolute atomic E-state index is 13.3. The fourth-order valence-corrected chi connectivity index (χ4v) is 8.16. The molecule has 0 aliphatic carbocycles. The summed E-state index contributed by atoms with van der Waals surface area (Å²) in [5.41, 5.74) is 13.9. The Hall–Kier alpha value is -4.80. The molecule has 3 aromatic heterocycles. The zero-order chi connectivity index (χ0) is 41.2. The number of fused-ring (bicyclic) bond motifs is 8. The van der Waals surface area contributed by atoms with Crippen molar-refractivity contribution in [3.8, 4) is 0 Å². The largest absolute Gasteiger partial charge is 0.355 e. The Bertz CT molecular complexity index is 2140. The van der Waals surface area contributed by atoms with E-state index >= 15 is 0 Å². The fraction of sp³-hybridized carbons (Fsp3) is 0.489. The normalized spacial score (nSPS) is 15.4. The lowest BCUT2D eigenvalue weighted by Gasteiger charge is -2.20. The van der Waals surface area contributed by atoms with Gasteiger partial charge in [-0.05, 0) is 115 Å². The molecular formula is C47H66N8O2. The predicted octanol–water partition coefficient (Wildman–Crippen LogP) is 8.90. The zero-order valence-corrected chi connectivity index (χ0v) is 35.8. The van der Waals surface area contributed by atoms with E-state index in [1.165, 1.54) is 12.8 Å². The number of carbonyl (C=O) groups is 2. The number of aromatic nitrogens is 4. The highest BCUT2D eigenvalue weighted by atomic mass is 16.2. The van der Waals surface area contributed by atoms with E-state index in [2.05, 4.69) is 95.5 Å². The molecule has 8 bridgehead atoms. The highest BCUT2D eigenvalue weighted by molar-refractivity contribution is 5.94. The van der Waals surface area contributed by atoms with Crippen molar-refractivity contribution in [3.05, 3.63) is 82.5 Å². The summed E-state index contributed by atoms with van der Waals surface area (Å²) in [7, 11) is 8.03. The Morgan fingerprint density at radius 1 is 0.702 bits per heavy atom. The number of aromatic amines is 2. The summed E-state index contributed by atoms with van der Waals surface area (Å²) in [4.78, 5) is 48.6. The van der Waals surface area contributed by atoms with Crippen LogP contribution in [0, 0.1) is 13.8 Å². The molecule has 2 unspecified atom stereocenters. The molecule has 57 heavy (non-hydrogen) atoms. The van der Waals surface area contributed by atoms with Crippen LogP contribution < -0.4 is 10.6 Å². The third-order valence-electron chi connectivity index (χ3n) is 11.6. The first-order valence-corrected chi connectivity index (χ1v) is 20.9. The average molecular weight is 775 g/mol. The lowest BCUT2D eigenvalue weighted by atomic mass is 9.82. The molecule has 2 atom stereocenters. The fourth-order valence-electron chi connectivity index (χ4n) is 8.16. The van der Waals surface area contributed by atoms with Gasteiger partial charge in [0.25, 0.3) is 0 Å². The second-order valence-corrected chi connectivity index (χ2v) is 16.3. The Morgan fingerprint density at radius 2 is 1.26 bits per heavy atom. The summed E-state index contributed by atoms with van der Waals surface area (Å²) in [5.74, 6) is 0.248. The maximum atomic E-state index is 13.3. The minimum atomic E-state index is 0.0227. The number of allylic oxidation sites excluding steroid dienone is 2. The van der Waals surface area contributed by atoms with Crippen LogP contribution in [-0.2, 0) is 9.59 Å². The second kappa shape index (κ2) is 20.1. The van der Waals surface area contributed by atoms with Crippen LogP contribution >= 0.6 is 0 Å². The van der Waals surface area contributed by atoms with Crippen molar-refractivity contribution in [2.24, 2.45) is 0 Å². The number of amides is 2. The van der Waals surface area contributed by atoms with Crippen molar-refractivity contribution in [2.45, 2.75) is 97.3 Å². The summed E-state index contributed by atoms with van der Waals surface area (Å²) in [6.07, 6.45) is 11.4. The van der Waals surface area contributed by atoms with Crippen LogP contribution in [0.25, 0.3) is 45.4 Å². The van der Waals surface area contributed by atoms with E-state index in [9.17, 15) is 9.59 Å². The summed E-state index contributed by atoms with van der Waals surface area (Å²) in [6.45, 7) is 19.7. The van der Waals surface area contributed by atoms with Crippen molar-refractivity contribution < 1.29 is 9.59 Å². The van der Waals surface area contributed by atoms with Gasteiger partial charge in [-0.1, -0.05) is 57.9 Å². The molecule has 0 fully saturated rings.